The number of rotatable bonds is 7. The maximum absolute atomic E-state index is 2.39. The molecule has 0 heterocycles. The Kier molecular flexibility index (Phi) is 6.06. The molecule has 0 aliphatic rings. The molecule has 0 amide bonds. The molecule has 25 heavy (non-hydrogen) atoms. The van der Waals surface area contributed by atoms with Crippen LogP contribution in [0.3, 0.4) is 0 Å². The first kappa shape index (κ1) is 17.5. The molecule has 0 heteroatoms. The fourth-order valence-corrected chi connectivity index (χ4v) is 3.47. The van der Waals surface area contributed by atoms with Crippen molar-refractivity contribution in [1.82, 2.24) is 0 Å². The van der Waals surface area contributed by atoms with Crippen molar-refractivity contribution >= 4 is 27.6 Å². The van der Waals surface area contributed by atoms with Gasteiger partial charge in [-0.25, -0.2) is 0 Å². The quantitative estimate of drug-likeness (QED) is 0.237. The number of unbranched alkanes of at least 4 members (excludes halogenated alkanes) is 2. The molecule has 0 saturated heterocycles. The Balaban J connectivity index is 2.11. The van der Waals surface area contributed by atoms with Crippen molar-refractivity contribution in [2.24, 2.45) is 0 Å². The van der Waals surface area contributed by atoms with E-state index in [1.165, 1.54) is 45.5 Å². The lowest BCUT2D eigenvalue weighted by Crippen LogP contribution is -1.89. The number of fused-ring (bicyclic) bond motifs is 3. The molecule has 128 valence electrons. The van der Waals surface area contributed by atoms with Gasteiger partial charge >= 0.3 is 0 Å². The largest absolute Gasteiger partial charge is 0.0917 e. The van der Waals surface area contributed by atoms with Crippen LogP contribution in [0.25, 0.3) is 27.6 Å². The standard InChI is InChI=1S/C25H28/c1-3-5-7-9-14-22-18-20(12-8-6-4-2)19-23-17-16-21-13-10-11-15-24(21)25(22)23/h4,6,9-11,13-19H,3,5,7-8,12H2,1-2H3/b6-4+,14-9?. The summed E-state index contributed by atoms with van der Waals surface area (Å²) in [4.78, 5) is 0. The Morgan fingerprint density at radius 1 is 0.880 bits per heavy atom. The maximum Gasteiger partial charge on any atom is -0.00328 e. The van der Waals surface area contributed by atoms with Crippen LogP contribution in [0.15, 0.2) is 66.8 Å². The number of hydrogen-bond acceptors (Lipinski definition) is 0. The van der Waals surface area contributed by atoms with E-state index in [1.807, 2.05) is 0 Å². The van der Waals surface area contributed by atoms with E-state index in [0.29, 0.717) is 0 Å². The van der Waals surface area contributed by atoms with E-state index < -0.39 is 0 Å². The van der Waals surface area contributed by atoms with Crippen molar-refractivity contribution in [3.8, 4) is 0 Å². The highest BCUT2D eigenvalue weighted by Gasteiger charge is 2.06. The predicted octanol–water partition coefficient (Wildman–Crippen LogP) is 7.71. The van der Waals surface area contributed by atoms with Crippen LogP contribution in [-0.4, -0.2) is 0 Å². The molecule has 3 aromatic rings. The minimum absolute atomic E-state index is 1.10. The van der Waals surface area contributed by atoms with Crippen molar-refractivity contribution in [1.29, 1.82) is 0 Å². The predicted molar refractivity (Wildman–Crippen MR) is 113 cm³/mol. The number of aryl methyl sites for hydroxylation is 1. The van der Waals surface area contributed by atoms with Gasteiger partial charge in [0.25, 0.3) is 0 Å². The van der Waals surface area contributed by atoms with Gasteiger partial charge in [-0.2, -0.15) is 0 Å². The molecule has 0 saturated carbocycles. The number of allylic oxidation sites excluding steroid dienone is 3. The molecule has 0 bridgehead atoms. The van der Waals surface area contributed by atoms with E-state index in [-0.39, 0.29) is 0 Å². The zero-order chi connectivity index (χ0) is 17.5. The van der Waals surface area contributed by atoms with Gasteiger partial charge < -0.3 is 0 Å². The average molecular weight is 328 g/mol. The molecule has 3 aromatic carbocycles. The number of benzene rings is 3. The van der Waals surface area contributed by atoms with Crippen LogP contribution in [0.4, 0.5) is 0 Å². The van der Waals surface area contributed by atoms with E-state index in [2.05, 4.69) is 86.7 Å². The summed E-state index contributed by atoms with van der Waals surface area (Å²) in [5.74, 6) is 0. The molecule has 0 fully saturated rings. The van der Waals surface area contributed by atoms with Gasteiger partial charge in [0.1, 0.15) is 0 Å². The minimum atomic E-state index is 1.10. The molecule has 0 radical (unpaired) electrons. The Morgan fingerprint density at radius 2 is 1.72 bits per heavy atom. The molecule has 0 nitrogen and oxygen atoms in total. The van der Waals surface area contributed by atoms with Gasteiger partial charge in [0.2, 0.25) is 0 Å². The van der Waals surface area contributed by atoms with E-state index in [1.54, 1.807) is 0 Å². The third-order valence-corrected chi connectivity index (χ3v) is 4.79. The van der Waals surface area contributed by atoms with Gasteiger partial charge in [-0.15, -0.1) is 0 Å². The van der Waals surface area contributed by atoms with Crippen molar-refractivity contribution < 1.29 is 0 Å². The molecule has 0 aliphatic carbocycles. The Bertz CT molecular complexity index is 896. The normalized spacial score (nSPS) is 12.1. The highest BCUT2D eigenvalue weighted by Crippen LogP contribution is 2.31. The molecular weight excluding hydrogens is 300 g/mol. The molecule has 0 N–H and O–H groups in total. The lowest BCUT2D eigenvalue weighted by atomic mass is 9.93. The monoisotopic (exact) mass is 328 g/mol. The zero-order valence-electron chi connectivity index (χ0n) is 15.5. The Labute approximate surface area is 151 Å². The molecule has 3 rings (SSSR count). The lowest BCUT2D eigenvalue weighted by Gasteiger charge is -2.11. The SMILES string of the molecule is C/C=C/CCc1cc(C=CCCCC)c2c(ccc3ccccc32)c1. The van der Waals surface area contributed by atoms with Crippen molar-refractivity contribution in [3.63, 3.8) is 0 Å². The first-order valence-corrected chi connectivity index (χ1v) is 9.55. The number of hydrogen-bond donors (Lipinski definition) is 0. The smallest absolute Gasteiger partial charge is 0.00328 e. The third kappa shape index (κ3) is 4.20. The van der Waals surface area contributed by atoms with Crippen molar-refractivity contribution in [3.05, 3.63) is 77.9 Å². The van der Waals surface area contributed by atoms with Crippen LogP contribution in [0, 0.1) is 0 Å². The van der Waals surface area contributed by atoms with Crippen molar-refractivity contribution in [2.45, 2.75) is 46.0 Å². The second-order valence-electron chi connectivity index (χ2n) is 6.72. The third-order valence-electron chi connectivity index (χ3n) is 4.79. The average Bonchev–Trinajstić information content (AvgIpc) is 2.65. The summed E-state index contributed by atoms with van der Waals surface area (Å²) >= 11 is 0. The lowest BCUT2D eigenvalue weighted by molar-refractivity contribution is 0.816. The van der Waals surface area contributed by atoms with Crippen LogP contribution in [0.1, 0.15) is 50.7 Å². The van der Waals surface area contributed by atoms with Crippen molar-refractivity contribution in [2.75, 3.05) is 0 Å². The van der Waals surface area contributed by atoms with Crippen LogP contribution in [-0.2, 0) is 6.42 Å². The topological polar surface area (TPSA) is 0 Å². The molecule has 0 aliphatic heterocycles. The maximum atomic E-state index is 2.39. The van der Waals surface area contributed by atoms with E-state index in [0.717, 1.165) is 19.3 Å². The summed E-state index contributed by atoms with van der Waals surface area (Å²) in [6, 6.07) is 18.0. The van der Waals surface area contributed by atoms with Crippen LogP contribution in [0.2, 0.25) is 0 Å². The summed E-state index contributed by atoms with van der Waals surface area (Å²) in [6.07, 6.45) is 14.9. The van der Waals surface area contributed by atoms with Gasteiger partial charge in [0.15, 0.2) is 0 Å². The van der Waals surface area contributed by atoms with Crippen LogP contribution >= 0.6 is 0 Å². The summed E-state index contributed by atoms with van der Waals surface area (Å²) < 4.78 is 0. The van der Waals surface area contributed by atoms with E-state index in [9.17, 15) is 0 Å². The first-order chi connectivity index (χ1) is 12.3. The fraction of sp³-hybridized carbons (Fsp3) is 0.280. The summed E-state index contributed by atoms with van der Waals surface area (Å²) in [6.45, 7) is 4.34. The molecule has 0 unspecified atom stereocenters. The van der Waals surface area contributed by atoms with Gasteiger partial charge in [-0.05, 0) is 58.9 Å². The summed E-state index contributed by atoms with van der Waals surface area (Å²) in [5, 5.41) is 5.42. The highest BCUT2D eigenvalue weighted by atomic mass is 14.1. The highest BCUT2D eigenvalue weighted by molar-refractivity contribution is 6.11. The first-order valence-electron chi connectivity index (χ1n) is 9.55. The van der Waals surface area contributed by atoms with E-state index >= 15 is 0 Å². The molecule has 0 atom stereocenters. The second kappa shape index (κ2) is 8.67. The summed E-state index contributed by atoms with van der Waals surface area (Å²) in [7, 11) is 0. The molecular formula is C25H28. The molecule has 0 spiro atoms. The Morgan fingerprint density at radius 3 is 2.56 bits per heavy atom. The minimum Gasteiger partial charge on any atom is -0.0917 e. The van der Waals surface area contributed by atoms with Crippen LogP contribution < -0.4 is 0 Å². The second-order valence-corrected chi connectivity index (χ2v) is 6.72. The van der Waals surface area contributed by atoms with Crippen LogP contribution in [0.5, 0.6) is 0 Å². The van der Waals surface area contributed by atoms with Gasteiger partial charge in [-0.3, -0.25) is 0 Å². The van der Waals surface area contributed by atoms with Gasteiger partial charge in [-0.1, -0.05) is 92.6 Å². The Hall–Kier alpha value is -2.34. The summed E-state index contributed by atoms with van der Waals surface area (Å²) in [5.41, 5.74) is 2.79. The molecule has 0 aromatic heterocycles. The van der Waals surface area contributed by atoms with Gasteiger partial charge in [0, 0.05) is 0 Å². The van der Waals surface area contributed by atoms with Gasteiger partial charge in [0.05, 0.1) is 0 Å². The van der Waals surface area contributed by atoms with E-state index in [4.69, 9.17) is 0 Å². The zero-order valence-corrected chi connectivity index (χ0v) is 15.5. The fourth-order valence-electron chi connectivity index (χ4n) is 3.47.